The molecule has 0 spiro atoms. The van der Waals surface area contributed by atoms with Gasteiger partial charge in [0.15, 0.2) is 0 Å². The topological polar surface area (TPSA) is 152 Å². The Hall–Kier alpha value is 2.38. The molecule has 5 N–H and O–H groups in total. The minimum absolute atomic E-state index is 0. The monoisotopic (exact) mass is 262 g/mol. The molecule has 0 unspecified atom stereocenters. The second-order valence-electron chi connectivity index (χ2n) is 0.961. The standard InChI is InChI=1S/K.Mg.H3O4P.H2O4S.3H/c;;2*1-5(2,3)4;;;/h;;(H3,1,2,3,4);(H2,1,2,3,4);;;/q+1;+2;;;3*-1. The molecular weight excluding hydrogens is 254 g/mol. The van der Waals surface area contributed by atoms with Gasteiger partial charge in [-0.1, -0.05) is 0 Å². The molecule has 0 aliphatic rings. The first-order valence-corrected chi connectivity index (χ1v) is 4.44. The van der Waals surface area contributed by atoms with Crippen molar-refractivity contribution < 1.29 is 92.4 Å². The summed E-state index contributed by atoms with van der Waals surface area (Å²) in [5, 5.41) is 0. The maximum Gasteiger partial charge on any atom is 2.00 e. The van der Waals surface area contributed by atoms with Crippen molar-refractivity contribution in [2.75, 3.05) is 0 Å². The maximum absolute atomic E-state index is 8.88. The van der Waals surface area contributed by atoms with Gasteiger partial charge in [-0.15, -0.1) is 0 Å². The minimum atomic E-state index is -4.67. The molecule has 0 heterocycles. The first kappa shape index (κ1) is 23.9. The van der Waals surface area contributed by atoms with Gasteiger partial charge >= 0.3 is 92.7 Å². The second kappa shape index (κ2) is 9.92. The molecule has 0 saturated heterocycles. The third kappa shape index (κ3) is 283. The summed E-state index contributed by atoms with van der Waals surface area (Å²) in [5.74, 6) is 0. The predicted molar refractivity (Wildman–Crippen MR) is 37.5 cm³/mol. The Labute approximate surface area is 132 Å². The van der Waals surface area contributed by atoms with Crippen LogP contribution in [0.15, 0.2) is 0 Å². The fourth-order valence-corrected chi connectivity index (χ4v) is 0. The van der Waals surface area contributed by atoms with Gasteiger partial charge in [-0.05, 0) is 0 Å². The Balaban J connectivity index is -0.0000000128. The van der Waals surface area contributed by atoms with E-state index in [9.17, 15) is 0 Å². The van der Waals surface area contributed by atoms with Crippen molar-refractivity contribution in [3.8, 4) is 0 Å². The van der Waals surface area contributed by atoms with E-state index in [0.717, 1.165) is 0 Å². The largest absolute Gasteiger partial charge is 2.00 e. The fourth-order valence-electron chi connectivity index (χ4n) is 0. The molecule has 12 heavy (non-hydrogen) atoms. The fraction of sp³-hybridized carbons (Fsp3) is 0. The molecule has 0 amide bonds. The summed E-state index contributed by atoms with van der Waals surface area (Å²) in [6.07, 6.45) is 0. The quantitative estimate of drug-likeness (QED) is 0.166. The van der Waals surface area contributed by atoms with Gasteiger partial charge in [0.2, 0.25) is 0 Å². The van der Waals surface area contributed by atoms with Crippen molar-refractivity contribution in [2.24, 2.45) is 0 Å². The van der Waals surface area contributed by atoms with Gasteiger partial charge in [-0.3, -0.25) is 9.11 Å². The van der Waals surface area contributed by atoms with Crippen molar-refractivity contribution in [1.29, 1.82) is 0 Å². The Morgan fingerprint density at radius 2 is 1.08 bits per heavy atom. The molecule has 0 atom stereocenters. The van der Waals surface area contributed by atoms with Crippen LogP contribution in [0.4, 0.5) is 0 Å². The molecule has 70 valence electrons. The van der Waals surface area contributed by atoms with Crippen molar-refractivity contribution in [1.82, 2.24) is 0 Å². The van der Waals surface area contributed by atoms with Gasteiger partial charge in [0.05, 0.1) is 0 Å². The zero-order valence-corrected chi connectivity index (χ0v) is 12.3. The third-order valence-corrected chi connectivity index (χ3v) is 0. The summed E-state index contributed by atoms with van der Waals surface area (Å²) in [7, 11) is -9.31. The van der Waals surface area contributed by atoms with Crippen LogP contribution in [0.3, 0.4) is 0 Å². The van der Waals surface area contributed by atoms with Crippen LogP contribution in [0.25, 0.3) is 0 Å². The van der Waals surface area contributed by atoms with Gasteiger partial charge in [0.25, 0.3) is 0 Å². The van der Waals surface area contributed by atoms with Crippen LogP contribution in [0.1, 0.15) is 4.28 Å². The van der Waals surface area contributed by atoms with Gasteiger partial charge < -0.3 is 19.0 Å². The summed E-state index contributed by atoms with van der Waals surface area (Å²) < 4.78 is 40.5. The normalized spacial score (nSPS) is 9.75. The number of hydrogen-bond donors (Lipinski definition) is 5. The van der Waals surface area contributed by atoms with E-state index in [1.165, 1.54) is 0 Å². The third-order valence-electron chi connectivity index (χ3n) is 0. The molecular formula is H8KMgO8PS. The van der Waals surface area contributed by atoms with E-state index < -0.39 is 18.2 Å². The van der Waals surface area contributed by atoms with Crippen LogP contribution in [0, 0.1) is 0 Å². The summed E-state index contributed by atoms with van der Waals surface area (Å²) in [6, 6.07) is 0. The summed E-state index contributed by atoms with van der Waals surface area (Å²) in [6.45, 7) is 0. The van der Waals surface area contributed by atoms with Crippen LogP contribution in [-0.2, 0) is 15.0 Å². The first-order chi connectivity index (χ1) is 4.00. The molecule has 8 nitrogen and oxygen atoms in total. The van der Waals surface area contributed by atoms with Crippen molar-refractivity contribution in [2.45, 2.75) is 0 Å². The SMILES string of the molecule is O=P(O)(O)O.O=S(=O)(O)O.[H-].[H-].[H-].[K+].[Mg+2]. The second-order valence-corrected chi connectivity index (χ2v) is 2.88. The molecule has 0 aliphatic carbocycles. The number of hydrogen-bond acceptors (Lipinski definition) is 3. The van der Waals surface area contributed by atoms with Gasteiger partial charge in [-0.2, -0.15) is 8.42 Å². The Kier molecular flexibility index (Phi) is 19.8. The summed E-state index contributed by atoms with van der Waals surface area (Å²) in [5.41, 5.74) is 0. The first-order valence-electron chi connectivity index (χ1n) is 1.48. The molecule has 0 radical (unpaired) electrons. The maximum atomic E-state index is 8.88. The molecule has 0 rings (SSSR count). The summed E-state index contributed by atoms with van der Waals surface area (Å²) >= 11 is 0. The molecule has 0 aromatic heterocycles. The van der Waals surface area contributed by atoms with Gasteiger partial charge in [0, 0.05) is 0 Å². The molecule has 0 aromatic rings. The zero-order valence-electron chi connectivity index (χ0n) is 9.02. The van der Waals surface area contributed by atoms with E-state index in [-0.39, 0.29) is 78.7 Å². The summed E-state index contributed by atoms with van der Waals surface area (Å²) in [4.78, 5) is 21.6. The van der Waals surface area contributed by atoms with E-state index in [4.69, 9.17) is 36.8 Å². The van der Waals surface area contributed by atoms with E-state index in [0.29, 0.717) is 0 Å². The van der Waals surface area contributed by atoms with Crippen LogP contribution in [0.2, 0.25) is 0 Å². The average Bonchev–Trinajstić information content (AvgIpc) is 1.12. The Morgan fingerprint density at radius 3 is 1.08 bits per heavy atom. The van der Waals surface area contributed by atoms with Gasteiger partial charge in [-0.25, -0.2) is 4.57 Å². The predicted octanol–water partition coefficient (Wildman–Crippen LogP) is -4.62. The Bertz CT molecular complexity index is 208. The van der Waals surface area contributed by atoms with E-state index in [1.54, 1.807) is 0 Å². The van der Waals surface area contributed by atoms with Crippen LogP contribution in [0.5, 0.6) is 0 Å². The number of rotatable bonds is 0. The Morgan fingerprint density at radius 1 is 1.08 bits per heavy atom. The minimum Gasteiger partial charge on any atom is -1.00 e. The van der Waals surface area contributed by atoms with Crippen LogP contribution < -0.4 is 51.4 Å². The molecule has 0 saturated carbocycles. The smallest absolute Gasteiger partial charge is 1.00 e. The van der Waals surface area contributed by atoms with Gasteiger partial charge in [0.1, 0.15) is 0 Å². The molecule has 12 heteroatoms. The van der Waals surface area contributed by atoms with Crippen molar-refractivity contribution >= 4 is 41.3 Å². The van der Waals surface area contributed by atoms with E-state index >= 15 is 0 Å². The van der Waals surface area contributed by atoms with Crippen LogP contribution >= 0.6 is 7.82 Å². The average molecular weight is 262 g/mol. The molecule has 0 bridgehead atoms. The van der Waals surface area contributed by atoms with E-state index in [2.05, 4.69) is 0 Å². The van der Waals surface area contributed by atoms with Crippen molar-refractivity contribution in [3.63, 3.8) is 0 Å². The zero-order chi connectivity index (χ0) is 9.00. The number of phosphoric acid groups is 1. The van der Waals surface area contributed by atoms with Crippen LogP contribution in [-0.4, -0.2) is 55.3 Å². The van der Waals surface area contributed by atoms with E-state index in [1.807, 2.05) is 0 Å². The molecule has 0 aliphatic heterocycles. The molecule has 0 aromatic carbocycles. The van der Waals surface area contributed by atoms with Crippen molar-refractivity contribution in [3.05, 3.63) is 0 Å². The molecule has 0 fully saturated rings.